The number of carboxylic acids is 2. The highest BCUT2D eigenvalue weighted by atomic mass is 16.7. The number of ether oxygens (including phenoxy) is 2. The van der Waals surface area contributed by atoms with E-state index in [1.807, 2.05) is 12.1 Å². The van der Waals surface area contributed by atoms with Gasteiger partial charge in [-0.2, -0.15) is 0 Å². The van der Waals surface area contributed by atoms with Crippen LogP contribution in [-0.2, 0) is 57.7 Å². The first-order valence-electron chi connectivity index (χ1n) is 15.5. The maximum absolute atomic E-state index is 13.9. The third kappa shape index (κ3) is 1.33. The Morgan fingerprint density at radius 3 is 2.30 bits per heavy atom. The molecule has 4 aromatic carbocycles. The normalized spacial score (nSPS) is 32.2. The van der Waals surface area contributed by atoms with E-state index in [0.717, 1.165) is 99.5 Å². The molecule has 0 aromatic heterocycles. The molecule has 2 bridgehead atoms. The standard InChI is InChI=1S/C38H16O8/c39-10-45-38(46-11-40)20-9-17-5-16-7-18-6-13-2-1-12-3-14-4-15-8-19(20)34(38)27(17)25-26-30(34)23(15)21(14)24-22(12)28(13)36(31(24)26)35(18,29(16)25)37(36,32(41)42)33(43)44/h1-3,5-6,8-11,19H,4,7H2,(H,41,42)(H,43,44). The van der Waals surface area contributed by atoms with E-state index in [9.17, 15) is 29.4 Å². The minimum atomic E-state index is -2.15. The number of rotatable bonds is 6. The molecule has 0 saturated heterocycles. The molecular formula is C38H16O8. The number of allylic oxidation sites excluding steroid dienone is 3. The molecule has 14 rings (SSSR count). The Hall–Kier alpha value is -5.50. The Morgan fingerprint density at radius 1 is 0.761 bits per heavy atom. The van der Waals surface area contributed by atoms with Gasteiger partial charge in [-0.3, -0.25) is 19.2 Å². The van der Waals surface area contributed by atoms with Gasteiger partial charge in [-0.1, -0.05) is 42.0 Å². The maximum atomic E-state index is 13.9. The van der Waals surface area contributed by atoms with Crippen LogP contribution in [0.1, 0.15) is 55.6 Å². The van der Waals surface area contributed by atoms with Gasteiger partial charge in [0.2, 0.25) is 0 Å². The molecule has 0 radical (unpaired) electrons. The van der Waals surface area contributed by atoms with Gasteiger partial charge in [0.25, 0.3) is 18.7 Å². The van der Waals surface area contributed by atoms with E-state index in [4.69, 9.17) is 9.47 Å². The van der Waals surface area contributed by atoms with Crippen molar-refractivity contribution >= 4 is 64.2 Å². The highest BCUT2D eigenvalue weighted by Gasteiger charge is 3.02. The zero-order valence-corrected chi connectivity index (χ0v) is 23.5. The molecule has 8 heteroatoms. The quantitative estimate of drug-likeness (QED) is 0.146. The van der Waals surface area contributed by atoms with E-state index >= 15 is 0 Å². The van der Waals surface area contributed by atoms with Crippen LogP contribution in [0.2, 0.25) is 0 Å². The summed E-state index contributed by atoms with van der Waals surface area (Å²) in [6, 6.07) is 8.42. The van der Waals surface area contributed by atoms with Gasteiger partial charge in [0, 0.05) is 11.5 Å². The smallest absolute Gasteiger partial charge is 0.323 e. The molecule has 10 aliphatic rings. The van der Waals surface area contributed by atoms with E-state index in [1.165, 1.54) is 0 Å². The maximum Gasteiger partial charge on any atom is 0.323 e. The van der Waals surface area contributed by atoms with Crippen molar-refractivity contribution in [3.8, 4) is 11.1 Å². The summed E-state index contributed by atoms with van der Waals surface area (Å²) in [4.78, 5) is 52.5. The predicted octanol–water partition coefficient (Wildman–Crippen LogP) is 4.25. The van der Waals surface area contributed by atoms with E-state index < -0.39 is 39.4 Å². The van der Waals surface area contributed by atoms with Gasteiger partial charge in [0.15, 0.2) is 5.41 Å². The van der Waals surface area contributed by atoms with Crippen molar-refractivity contribution in [2.45, 2.75) is 34.9 Å². The summed E-state index contributed by atoms with van der Waals surface area (Å²) in [7, 11) is 0. The minimum absolute atomic E-state index is 0.246. The van der Waals surface area contributed by atoms with Crippen molar-refractivity contribution < 1.29 is 38.9 Å². The van der Waals surface area contributed by atoms with Gasteiger partial charge >= 0.3 is 11.9 Å². The van der Waals surface area contributed by atoms with E-state index in [0.29, 0.717) is 31.4 Å². The summed E-state index contributed by atoms with van der Waals surface area (Å²) in [5.41, 5.74) is 7.60. The lowest BCUT2D eigenvalue weighted by atomic mass is 9.42. The molecule has 4 atom stereocenters. The number of carbonyl (C=O) groups excluding carboxylic acids is 2. The molecule has 0 heterocycles. The molecule has 8 nitrogen and oxygen atoms in total. The van der Waals surface area contributed by atoms with Crippen LogP contribution < -0.4 is 0 Å². The summed E-state index contributed by atoms with van der Waals surface area (Å²) in [5.74, 6) is -4.59. The Kier molecular flexibility index (Phi) is 2.62. The van der Waals surface area contributed by atoms with Crippen LogP contribution in [-0.4, -0.2) is 40.9 Å². The largest absolute Gasteiger partial charge is 0.480 e. The fourth-order valence-corrected chi connectivity index (χ4v) is 13.8. The van der Waals surface area contributed by atoms with Crippen molar-refractivity contribution in [1.82, 2.24) is 0 Å². The van der Waals surface area contributed by atoms with Gasteiger partial charge in [-0.15, -0.1) is 0 Å². The topological polar surface area (TPSA) is 127 Å². The average molecular weight is 601 g/mol. The lowest BCUT2D eigenvalue weighted by molar-refractivity contribution is -0.248. The van der Waals surface area contributed by atoms with Gasteiger partial charge < -0.3 is 19.7 Å². The van der Waals surface area contributed by atoms with E-state index in [-0.39, 0.29) is 5.92 Å². The van der Waals surface area contributed by atoms with Crippen molar-refractivity contribution in [1.29, 1.82) is 0 Å². The van der Waals surface area contributed by atoms with Gasteiger partial charge in [-0.25, -0.2) is 0 Å². The molecule has 4 aromatic rings. The van der Waals surface area contributed by atoms with Crippen LogP contribution in [0.15, 0.2) is 41.5 Å². The highest BCUT2D eigenvalue weighted by Crippen LogP contribution is 2.95. The number of hydrogen-bond donors (Lipinski definition) is 2. The molecule has 0 aliphatic heterocycles. The number of fused-ring (bicyclic) bond motifs is 2. The van der Waals surface area contributed by atoms with Crippen molar-refractivity contribution in [2.75, 3.05) is 0 Å². The fourth-order valence-electron chi connectivity index (χ4n) is 13.8. The summed E-state index contributed by atoms with van der Waals surface area (Å²) < 4.78 is 11.9. The van der Waals surface area contributed by atoms with Crippen LogP contribution >= 0.6 is 0 Å². The van der Waals surface area contributed by atoms with Gasteiger partial charge in [0.1, 0.15) is 5.41 Å². The van der Waals surface area contributed by atoms with Crippen LogP contribution in [0.25, 0.3) is 50.4 Å². The lowest BCUT2D eigenvalue weighted by Crippen LogP contribution is -2.72. The third-order valence-corrected chi connectivity index (χ3v) is 14.2. The number of hydrogen-bond acceptors (Lipinski definition) is 6. The summed E-state index contributed by atoms with van der Waals surface area (Å²) in [5, 5.41) is 26.7. The van der Waals surface area contributed by atoms with Crippen LogP contribution in [0.3, 0.4) is 0 Å². The van der Waals surface area contributed by atoms with Crippen LogP contribution in [0.4, 0.5) is 0 Å². The molecule has 2 fully saturated rings. The van der Waals surface area contributed by atoms with E-state index in [2.05, 4.69) is 30.4 Å². The number of aliphatic carboxylic acids is 2. The lowest BCUT2D eigenvalue weighted by Gasteiger charge is -2.64. The minimum Gasteiger partial charge on any atom is -0.480 e. The molecule has 4 unspecified atom stereocenters. The fraction of sp³-hybridized carbons (Fsp3) is 0.211. The Bertz CT molecular complexity index is 2700. The molecule has 216 valence electrons. The second-order valence-corrected chi connectivity index (χ2v) is 14.7. The number of benzene rings is 4. The van der Waals surface area contributed by atoms with E-state index in [1.54, 1.807) is 0 Å². The number of carbonyl (C=O) groups is 4. The molecular weight excluding hydrogens is 584 g/mol. The number of carboxylic acid groups (broad SMARTS) is 2. The Morgan fingerprint density at radius 2 is 1.54 bits per heavy atom. The first-order valence-corrected chi connectivity index (χ1v) is 15.5. The molecule has 10 aliphatic carbocycles. The Labute approximate surface area is 257 Å². The zero-order valence-electron chi connectivity index (χ0n) is 23.5. The second-order valence-electron chi connectivity index (χ2n) is 14.7. The molecule has 0 amide bonds. The predicted molar refractivity (Wildman–Crippen MR) is 160 cm³/mol. The summed E-state index contributed by atoms with van der Waals surface area (Å²) >= 11 is 0. The van der Waals surface area contributed by atoms with Crippen molar-refractivity contribution in [3.63, 3.8) is 0 Å². The summed E-state index contributed by atoms with van der Waals surface area (Å²) in [6.07, 6.45) is 7.44. The molecule has 46 heavy (non-hydrogen) atoms. The van der Waals surface area contributed by atoms with Crippen LogP contribution in [0.5, 0.6) is 0 Å². The summed E-state index contributed by atoms with van der Waals surface area (Å²) in [6.45, 7) is 0.700. The zero-order chi connectivity index (χ0) is 30.4. The van der Waals surface area contributed by atoms with Gasteiger partial charge in [-0.05, 0) is 113 Å². The third-order valence-electron chi connectivity index (χ3n) is 14.2. The average Bonchev–Trinajstić information content (AvgIpc) is 3.40. The second kappa shape index (κ2) is 5.47. The van der Waals surface area contributed by atoms with Crippen molar-refractivity contribution in [2.24, 2.45) is 11.3 Å². The molecule has 2 saturated carbocycles. The monoisotopic (exact) mass is 600 g/mol. The first-order chi connectivity index (χ1) is 22.3. The van der Waals surface area contributed by atoms with Crippen molar-refractivity contribution in [3.05, 3.63) is 97.1 Å². The van der Waals surface area contributed by atoms with Gasteiger partial charge in [0.05, 0.1) is 10.8 Å². The highest BCUT2D eigenvalue weighted by molar-refractivity contribution is 6.32. The van der Waals surface area contributed by atoms with Crippen LogP contribution in [0, 0.1) is 11.3 Å². The molecule has 3 spiro atoms. The molecule has 2 N–H and O–H groups in total. The first kappa shape index (κ1) is 22.1. The SMILES string of the molecule is O=COC1(OC=O)C2=Cc3cc4c5c6c3C13c1c-6c6c7c8c(cc9ccc%10c(c97)C67C(C(=O)O)(C(=O)O)C57C(=C%10)C4)CC(=CC23)c18. The Balaban J connectivity index is 1.36.